The van der Waals surface area contributed by atoms with E-state index in [-0.39, 0.29) is 0 Å². The maximum absolute atomic E-state index is 6.96. The molecule has 0 spiro atoms. The topological polar surface area (TPSA) is 0 Å². The molecule has 0 saturated carbocycles. The van der Waals surface area contributed by atoms with Gasteiger partial charge < -0.3 is 0 Å². The molecule has 0 heterocycles. The molecule has 11 heavy (non-hydrogen) atoms. The minimum atomic E-state index is 0.866. The fourth-order valence-corrected chi connectivity index (χ4v) is 1.11. The smallest absolute Gasteiger partial charge is 0.0261 e. The molecule has 0 nitrogen and oxygen atoms in total. The summed E-state index contributed by atoms with van der Waals surface area (Å²) in [7, 11) is 0. The van der Waals surface area contributed by atoms with Gasteiger partial charge in [0.2, 0.25) is 0 Å². The van der Waals surface area contributed by atoms with Gasteiger partial charge in [-0.25, -0.2) is 0 Å². The van der Waals surface area contributed by atoms with Crippen LogP contribution in [-0.4, -0.2) is 0 Å². The van der Waals surface area contributed by atoms with Crippen molar-refractivity contribution in [1.82, 2.24) is 0 Å². The quantitative estimate of drug-likeness (QED) is 0.489. The normalized spacial score (nSPS) is 9.27. The summed E-state index contributed by atoms with van der Waals surface area (Å²) < 4.78 is 0. The van der Waals surface area contributed by atoms with Gasteiger partial charge in [-0.05, 0) is 56.0 Å². The van der Waals surface area contributed by atoms with Crippen molar-refractivity contribution in [3.8, 4) is 5.92 Å². The zero-order valence-corrected chi connectivity index (χ0v) is 7.15. The molecule has 55 valence electrons. The maximum Gasteiger partial charge on any atom is 0.0261 e. The molecule has 0 bridgehead atoms. The molecule has 1 rings (SSSR count). The van der Waals surface area contributed by atoms with Gasteiger partial charge in [-0.1, -0.05) is 5.92 Å². The fourth-order valence-electron chi connectivity index (χ4n) is 1.11. The number of hydrogen-bond donors (Lipinski definition) is 0. The number of rotatable bonds is 0. The summed E-state index contributed by atoms with van der Waals surface area (Å²) in [6, 6.07) is 3.96. The van der Waals surface area contributed by atoms with Crippen LogP contribution in [0.1, 0.15) is 22.3 Å². The van der Waals surface area contributed by atoms with Crippen LogP contribution in [0.2, 0.25) is 0 Å². The Morgan fingerprint density at radius 1 is 1.09 bits per heavy atom. The van der Waals surface area contributed by atoms with Crippen LogP contribution in [0.15, 0.2) is 12.1 Å². The predicted molar refractivity (Wildman–Crippen MR) is 46.9 cm³/mol. The molecule has 0 fully saturated rings. The van der Waals surface area contributed by atoms with Crippen LogP contribution in [0.4, 0.5) is 0 Å². The Bertz CT molecular complexity index is 290. The van der Waals surface area contributed by atoms with Crippen molar-refractivity contribution in [3.05, 3.63) is 40.8 Å². The van der Waals surface area contributed by atoms with Gasteiger partial charge in [-0.3, -0.25) is 0 Å². The highest BCUT2D eigenvalue weighted by molar-refractivity contribution is 5.42. The summed E-state index contributed by atoms with van der Waals surface area (Å²) in [5, 5.41) is 0. The van der Waals surface area contributed by atoms with E-state index in [0.29, 0.717) is 0 Å². The summed E-state index contributed by atoms with van der Waals surface area (Å²) in [4.78, 5) is 0. The second-order valence-corrected chi connectivity index (χ2v) is 2.86. The van der Waals surface area contributed by atoms with Crippen molar-refractivity contribution < 1.29 is 0 Å². The first-order chi connectivity index (χ1) is 5.15. The monoisotopic (exact) mass is 143 g/mol. The van der Waals surface area contributed by atoms with Crippen LogP contribution in [0, 0.1) is 33.1 Å². The lowest BCUT2D eigenvalue weighted by atomic mass is 10.0. The predicted octanol–water partition coefficient (Wildman–Crippen LogP) is 2.55. The van der Waals surface area contributed by atoms with Gasteiger partial charge in [0.25, 0.3) is 0 Å². The highest BCUT2D eigenvalue weighted by Crippen LogP contribution is 2.14. The second kappa shape index (κ2) is 2.80. The van der Waals surface area contributed by atoms with E-state index in [9.17, 15) is 0 Å². The van der Waals surface area contributed by atoms with Gasteiger partial charge in [0.05, 0.1) is 0 Å². The first-order valence-corrected chi connectivity index (χ1v) is 3.65. The molecular formula is C11H11. The van der Waals surface area contributed by atoms with Gasteiger partial charge in [-0.15, -0.1) is 0 Å². The first-order valence-electron chi connectivity index (χ1n) is 3.65. The van der Waals surface area contributed by atoms with Gasteiger partial charge in [-0.2, -0.15) is 0 Å². The SMILES string of the molecule is [C]#Cc1cc(C)c(C)c(C)c1. The molecule has 1 radical (unpaired) electrons. The van der Waals surface area contributed by atoms with E-state index in [1.54, 1.807) is 0 Å². The molecule has 0 saturated heterocycles. The van der Waals surface area contributed by atoms with E-state index in [0.717, 1.165) is 5.56 Å². The molecule has 0 unspecified atom stereocenters. The Labute approximate surface area is 68.3 Å². The lowest BCUT2D eigenvalue weighted by Crippen LogP contribution is -1.87. The lowest BCUT2D eigenvalue weighted by molar-refractivity contribution is 1.26. The van der Waals surface area contributed by atoms with Gasteiger partial charge in [0.1, 0.15) is 0 Å². The fraction of sp³-hybridized carbons (Fsp3) is 0.273. The van der Waals surface area contributed by atoms with Crippen LogP contribution in [-0.2, 0) is 0 Å². The van der Waals surface area contributed by atoms with Crippen LogP contribution >= 0.6 is 0 Å². The summed E-state index contributed by atoms with van der Waals surface area (Å²) in [6.45, 7) is 6.21. The van der Waals surface area contributed by atoms with Crippen LogP contribution < -0.4 is 0 Å². The number of benzene rings is 1. The van der Waals surface area contributed by atoms with E-state index in [1.165, 1.54) is 16.7 Å². The molecule has 0 amide bonds. The summed E-state index contributed by atoms with van der Waals surface area (Å²) in [5.74, 6) is 2.39. The lowest BCUT2D eigenvalue weighted by Gasteiger charge is -2.04. The Hall–Kier alpha value is -1.22. The van der Waals surface area contributed by atoms with E-state index >= 15 is 0 Å². The Morgan fingerprint density at radius 3 is 1.91 bits per heavy atom. The van der Waals surface area contributed by atoms with E-state index in [1.807, 2.05) is 12.1 Å². The first kappa shape index (κ1) is 7.88. The molecule has 0 heteroatoms. The van der Waals surface area contributed by atoms with Crippen LogP contribution in [0.25, 0.3) is 0 Å². The minimum absolute atomic E-state index is 0.866. The van der Waals surface area contributed by atoms with Crippen molar-refractivity contribution in [2.75, 3.05) is 0 Å². The minimum Gasteiger partial charge on any atom is -0.0528 e. The highest BCUT2D eigenvalue weighted by Gasteiger charge is 1.97. The van der Waals surface area contributed by atoms with Crippen LogP contribution in [0.5, 0.6) is 0 Å². The molecule has 0 aromatic heterocycles. The van der Waals surface area contributed by atoms with E-state index in [4.69, 9.17) is 6.42 Å². The van der Waals surface area contributed by atoms with E-state index in [2.05, 4.69) is 26.7 Å². The third kappa shape index (κ3) is 1.43. The number of hydrogen-bond acceptors (Lipinski definition) is 0. The van der Waals surface area contributed by atoms with Gasteiger partial charge in [0, 0.05) is 5.56 Å². The zero-order chi connectivity index (χ0) is 8.43. The average molecular weight is 143 g/mol. The zero-order valence-electron chi connectivity index (χ0n) is 7.15. The van der Waals surface area contributed by atoms with Crippen molar-refractivity contribution in [2.24, 2.45) is 0 Å². The molecule has 1 aromatic rings. The Kier molecular flexibility index (Phi) is 2.01. The molecule has 1 aromatic carbocycles. The van der Waals surface area contributed by atoms with Crippen molar-refractivity contribution in [1.29, 1.82) is 0 Å². The molecule has 0 aliphatic rings. The summed E-state index contributed by atoms with van der Waals surface area (Å²) in [6.07, 6.45) is 6.96. The van der Waals surface area contributed by atoms with E-state index < -0.39 is 0 Å². The highest BCUT2D eigenvalue weighted by atomic mass is 14.0. The van der Waals surface area contributed by atoms with Gasteiger partial charge >= 0.3 is 0 Å². The van der Waals surface area contributed by atoms with Crippen molar-refractivity contribution in [3.63, 3.8) is 0 Å². The van der Waals surface area contributed by atoms with Crippen molar-refractivity contribution in [2.45, 2.75) is 20.8 Å². The Balaban J connectivity index is 3.35. The number of aryl methyl sites for hydroxylation is 2. The third-order valence-corrected chi connectivity index (χ3v) is 2.07. The Morgan fingerprint density at radius 2 is 1.55 bits per heavy atom. The standard InChI is InChI=1S/C11H11/c1-5-11-6-8(2)10(4)9(3)7-11/h6-7H,2-4H3. The molecular weight excluding hydrogens is 132 g/mol. The molecule has 0 atom stereocenters. The molecule has 0 N–H and O–H groups in total. The molecule has 0 aliphatic carbocycles. The molecule has 0 aliphatic heterocycles. The second-order valence-electron chi connectivity index (χ2n) is 2.86. The average Bonchev–Trinajstić information content (AvgIpc) is 1.99. The van der Waals surface area contributed by atoms with Gasteiger partial charge in [0.15, 0.2) is 0 Å². The third-order valence-electron chi connectivity index (χ3n) is 2.07. The van der Waals surface area contributed by atoms with Crippen molar-refractivity contribution >= 4 is 0 Å². The largest absolute Gasteiger partial charge is 0.0528 e. The maximum atomic E-state index is 6.96. The van der Waals surface area contributed by atoms with Crippen LogP contribution in [0.3, 0.4) is 0 Å². The summed E-state index contributed by atoms with van der Waals surface area (Å²) in [5.41, 5.74) is 4.65. The summed E-state index contributed by atoms with van der Waals surface area (Å²) >= 11 is 0.